The molecule has 0 radical (unpaired) electrons. The summed E-state index contributed by atoms with van der Waals surface area (Å²) in [6.07, 6.45) is 2.92. The third-order valence-corrected chi connectivity index (χ3v) is 1.55. The van der Waals surface area contributed by atoms with Gasteiger partial charge in [-0.05, 0) is 6.42 Å². The van der Waals surface area contributed by atoms with Crippen LogP contribution in [0.3, 0.4) is 0 Å². The number of hydrogen-bond donors (Lipinski definition) is 2. The van der Waals surface area contributed by atoms with E-state index in [-0.39, 0.29) is 6.42 Å². The summed E-state index contributed by atoms with van der Waals surface area (Å²) in [7, 11) is 0. The van der Waals surface area contributed by atoms with Gasteiger partial charge in [0.1, 0.15) is 0 Å². The molecule has 0 fully saturated rings. The maximum atomic E-state index is 10.1. The first kappa shape index (κ1) is 14.9. The third-order valence-electron chi connectivity index (χ3n) is 1.55. The molecule has 0 aliphatic rings. The third kappa shape index (κ3) is 14.3. The highest BCUT2D eigenvalue weighted by Crippen LogP contribution is 2.05. The first-order valence-electron chi connectivity index (χ1n) is 5.06. The van der Waals surface area contributed by atoms with Gasteiger partial charge in [0, 0.05) is 0 Å². The second kappa shape index (κ2) is 11.4. The number of unbranched alkanes of at least 4 members (excludes halogenated alkanes) is 2. The van der Waals surface area contributed by atoms with Gasteiger partial charge in [0.15, 0.2) is 0 Å². The second-order valence-electron chi connectivity index (χ2n) is 2.75. The summed E-state index contributed by atoms with van der Waals surface area (Å²) in [5.74, 6) is -0.922. The number of carboxylic acids is 1. The van der Waals surface area contributed by atoms with E-state index in [1.807, 2.05) is 13.8 Å². The Labute approximate surface area is 80.8 Å². The van der Waals surface area contributed by atoms with Gasteiger partial charge in [-0.25, -0.2) is 0 Å². The molecule has 0 amide bonds. The standard InChI is InChI=1S/C8H16O3.C2H6/c1-2-3-4-5-7(9)6-8(10)11;1-2/h7,9H,2-6H2,1H3,(H,10,11);1-2H3. The molecule has 0 aromatic rings. The van der Waals surface area contributed by atoms with Gasteiger partial charge >= 0.3 is 5.97 Å². The molecule has 0 aliphatic carbocycles. The van der Waals surface area contributed by atoms with Crippen LogP contribution < -0.4 is 0 Å². The van der Waals surface area contributed by atoms with Crippen LogP contribution in [-0.2, 0) is 4.79 Å². The van der Waals surface area contributed by atoms with Crippen molar-refractivity contribution < 1.29 is 15.0 Å². The van der Waals surface area contributed by atoms with Crippen molar-refractivity contribution in [3.8, 4) is 0 Å². The average Bonchev–Trinajstić information content (AvgIpc) is 2.07. The normalized spacial score (nSPS) is 11.4. The van der Waals surface area contributed by atoms with Crippen molar-refractivity contribution in [1.82, 2.24) is 0 Å². The van der Waals surface area contributed by atoms with Crippen LogP contribution in [0.4, 0.5) is 0 Å². The molecule has 0 saturated heterocycles. The highest BCUT2D eigenvalue weighted by atomic mass is 16.4. The summed E-state index contributed by atoms with van der Waals surface area (Å²) in [5.41, 5.74) is 0. The SMILES string of the molecule is CC.CCCCCC(O)CC(=O)O. The summed E-state index contributed by atoms with van der Waals surface area (Å²) < 4.78 is 0. The van der Waals surface area contributed by atoms with Gasteiger partial charge < -0.3 is 10.2 Å². The van der Waals surface area contributed by atoms with Crippen molar-refractivity contribution in [3.05, 3.63) is 0 Å². The summed E-state index contributed by atoms with van der Waals surface area (Å²) in [5, 5.41) is 17.3. The van der Waals surface area contributed by atoms with Crippen molar-refractivity contribution in [3.63, 3.8) is 0 Å². The molecule has 3 nitrogen and oxygen atoms in total. The maximum Gasteiger partial charge on any atom is 0.305 e. The average molecular weight is 190 g/mol. The van der Waals surface area contributed by atoms with E-state index in [1.54, 1.807) is 0 Å². The highest BCUT2D eigenvalue weighted by molar-refractivity contribution is 5.67. The first-order valence-corrected chi connectivity index (χ1v) is 5.06. The Bertz CT molecular complexity index is 113. The topological polar surface area (TPSA) is 57.5 Å². The minimum Gasteiger partial charge on any atom is -0.481 e. The molecular weight excluding hydrogens is 168 g/mol. The zero-order chi connectivity index (χ0) is 10.7. The number of hydrogen-bond acceptors (Lipinski definition) is 2. The fraction of sp³-hybridized carbons (Fsp3) is 0.900. The van der Waals surface area contributed by atoms with Crippen molar-refractivity contribution in [1.29, 1.82) is 0 Å². The lowest BCUT2D eigenvalue weighted by Gasteiger charge is -2.05. The highest BCUT2D eigenvalue weighted by Gasteiger charge is 2.07. The molecule has 2 N–H and O–H groups in total. The van der Waals surface area contributed by atoms with Gasteiger partial charge in [-0.3, -0.25) is 4.79 Å². The molecule has 3 heteroatoms. The summed E-state index contributed by atoms with van der Waals surface area (Å²) in [6.45, 7) is 6.07. The predicted molar refractivity (Wildman–Crippen MR) is 53.7 cm³/mol. The van der Waals surface area contributed by atoms with Crippen LogP contribution in [0, 0.1) is 0 Å². The fourth-order valence-corrected chi connectivity index (χ4v) is 0.934. The molecule has 1 atom stereocenters. The molecule has 0 rings (SSSR count). The van der Waals surface area contributed by atoms with Gasteiger partial charge in [-0.15, -0.1) is 0 Å². The Morgan fingerprint density at radius 3 is 2.23 bits per heavy atom. The van der Waals surface area contributed by atoms with Crippen LogP contribution in [0.1, 0.15) is 52.9 Å². The van der Waals surface area contributed by atoms with Gasteiger partial charge in [0.25, 0.3) is 0 Å². The molecule has 0 heterocycles. The molecule has 0 aromatic carbocycles. The van der Waals surface area contributed by atoms with Crippen LogP contribution in [-0.4, -0.2) is 22.3 Å². The number of rotatable bonds is 6. The van der Waals surface area contributed by atoms with Crippen LogP contribution in [0.15, 0.2) is 0 Å². The Morgan fingerprint density at radius 2 is 1.85 bits per heavy atom. The molecule has 0 spiro atoms. The van der Waals surface area contributed by atoms with Crippen molar-refractivity contribution in [2.45, 2.75) is 59.0 Å². The van der Waals surface area contributed by atoms with Crippen LogP contribution in [0.2, 0.25) is 0 Å². The largest absolute Gasteiger partial charge is 0.481 e. The van der Waals surface area contributed by atoms with E-state index in [0.29, 0.717) is 6.42 Å². The van der Waals surface area contributed by atoms with Gasteiger partial charge in [-0.1, -0.05) is 40.0 Å². The molecule has 13 heavy (non-hydrogen) atoms. The number of carbonyl (C=O) groups is 1. The van der Waals surface area contributed by atoms with Gasteiger partial charge in [0.2, 0.25) is 0 Å². The quantitative estimate of drug-likeness (QED) is 0.632. The maximum absolute atomic E-state index is 10.1. The Kier molecular flexibility index (Phi) is 13.1. The molecule has 80 valence electrons. The van der Waals surface area contributed by atoms with Crippen LogP contribution >= 0.6 is 0 Å². The van der Waals surface area contributed by atoms with Gasteiger partial charge in [0.05, 0.1) is 12.5 Å². The molecule has 0 aliphatic heterocycles. The second-order valence-corrected chi connectivity index (χ2v) is 2.75. The number of carboxylic acid groups (broad SMARTS) is 1. The van der Waals surface area contributed by atoms with E-state index >= 15 is 0 Å². The number of aliphatic hydroxyl groups excluding tert-OH is 1. The molecule has 1 unspecified atom stereocenters. The minimum absolute atomic E-state index is 0.121. The lowest BCUT2D eigenvalue weighted by Crippen LogP contribution is -2.12. The Balaban J connectivity index is 0. The van der Waals surface area contributed by atoms with E-state index < -0.39 is 12.1 Å². The molecule has 0 bridgehead atoms. The van der Waals surface area contributed by atoms with Gasteiger partial charge in [-0.2, -0.15) is 0 Å². The summed E-state index contributed by atoms with van der Waals surface area (Å²) in [6, 6.07) is 0. The zero-order valence-corrected chi connectivity index (χ0v) is 8.92. The fourth-order valence-electron chi connectivity index (χ4n) is 0.934. The Morgan fingerprint density at radius 1 is 1.31 bits per heavy atom. The van der Waals surface area contributed by atoms with Crippen LogP contribution in [0.5, 0.6) is 0 Å². The van der Waals surface area contributed by atoms with Crippen molar-refractivity contribution in [2.24, 2.45) is 0 Å². The van der Waals surface area contributed by atoms with E-state index in [0.717, 1.165) is 19.3 Å². The van der Waals surface area contributed by atoms with E-state index in [4.69, 9.17) is 10.2 Å². The van der Waals surface area contributed by atoms with Crippen molar-refractivity contribution >= 4 is 5.97 Å². The summed E-state index contributed by atoms with van der Waals surface area (Å²) >= 11 is 0. The van der Waals surface area contributed by atoms with E-state index in [2.05, 4.69) is 6.92 Å². The zero-order valence-electron chi connectivity index (χ0n) is 8.92. The molecular formula is C10H22O3. The Hall–Kier alpha value is -0.570. The molecule has 0 saturated carbocycles. The number of aliphatic carboxylic acids is 1. The molecule has 0 aromatic heterocycles. The predicted octanol–water partition coefficient (Wildman–Crippen LogP) is 2.43. The first-order chi connectivity index (χ1) is 6.16. The van der Waals surface area contributed by atoms with Crippen molar-refractivity contribution in [2.75, 3.05) is 0 Å². The minimum atomic E-state index is -0.922. The van der Waals surface area contributed by atoms with E-state index in [1.165, 1.54) is 0 Å². The number of aliphatic hydroxyl groups is 1. The lowest BCUT2D eigenvalue weighted by molar-refractivity contribution is -0.139. The van der Waals surface area contributed by atoms with Crippen LogP contribution in [0.25, 0.3) is 0 Å². The smallest absolute Gasteiger partial charge is 0.305 e. The lowest BCUT2D eigenvalue weighted by atomic mass is 10.1. The van der Waals surface area contributed by atoms with E-state index in [9.17, 15) is 4.79 Å². The summed E-state index contributed by atoms with van der Waals surface area (Å²) in [4.78, 5) is 10.1. The monoisotopic (exact) mass is 190 g/mol.